The van der Waals surface area contributed by atoms with Gasteiger partial charge in [0.15, 0.2) is 0 Å². The van der Waals surface area contributed by atoms with Crippen LogP contribution in [0.15, 0.2) is 78.9 Å². The lowest BCUT2D eigenvalue weighted by Gasteiger charge is -2.10. The highest BCUT2D eigenvalue weighted by molar-refractivity contribution is 6.04. The molecule has 0 spiro atoms. The Morgan fingerprint density at radius 2 is 1.62 bits per heavy atom. The number of anilines is 1. The van der Waals surface area contributed by atoms with Gasteiger partial charge >= 0.3 is 0 Å². The van der Waals surface area contributed by atoms with Gasteiger partial charge in [-0.15, -0.1) is 0 Å². The number of carbonyl (C=O) groups excluding carboxylic acids is 1. The highest BCUT2D eigenvalue weighted by Gasteiger charge is 2.07. The van der Waals surface area contributed by atoms with E-state index in [1.807, 2.05) is 66.7 Å². The number of unbranched alkanes of at least 4 members (excludes halogenated alkanes) is 2. The van der Waals surface area contributed by atoms with Crippen LogP contribution >= 0.6 is 0 Å². The van der Waals surface area contributed by atoms with Crippen molar-refractivity contribution in [1.82, 2.24) is 0 Å². The second-order valence-electron chi connectivity index (χ2n) is 6.84. The molecule has 0 bridgehead atoms. The zero-order valence-corrected chi connectivity index (χ0v) is 16.8. The van der Waals surface area contributed by atoms with Gasteiger partial charge in [-0.05, 0) is 48.4 Å². The molecule has 0 saturated carbocycles. The van der Waals surface area contributed by atoms with Crippen molar-refractivity contribution in [2.45, 2.75) is 32.8 Å². The van der Waals surface area contributed by atoms with Crippen molar-refractivity contribution in [3.05, 3.63) is 90.0 Å². The van der Waals surface area contributed by atoms with Crippen LogP contribution in [0.25, 0.3) is 0 Å². The summed E-state index contributed by atoms with van der Waals surface area (Å²) in [4.78, 5) is 12.5. The van der Waals surface area contributed by atoms with Crippen LogP contribution in [0.4, 0.5) is 5.69 Å². The standard InChI is InChI=1S/C25H27NO3/c1-2-3-7-17-28-23-15-13-21(14-16-23)25(27)26-22-11-8-12-24(18-22)29-19-20-9-5-4-6-10-20/h4-6,8-16,18H,2-3,7,17,19H2,1H3,(H,26,27). The van der Waals surface area contributed by atoms with Gasteiger partial charge < -0.3 is 14.8 Å². The first kappa shape index (κ1) is 20.5. The number of amides is 1. The normalized spacial score (nSPS) is 10.4. The number of benzene rings is 3. The number of hydrogen-bond donors (Lipinski definition) is 1. The molecule has 29 heavy (non-hydrogen) atoms. The fourth-order valence-electron chi connectivity index (χ4n) is 2.85. The summed E-state index contributed by atoms with van der Waals surface area (Å²) in [5.74, 6) is 1.33. The third-order valence-electron chi connectivity index (χ3n) is 4.47. The van der Waals surface area contributed by atoms with Gasteiger partial charge in [-0.25, -0.2) is 0 Å². The molecule has 3 aromatic carbocycles. The van der Waals surface area contributed by atoms with Crippen LogP contribution in [0.2, 0.25) is 0 Å². The molecule has 0 atom stereocenters. The number of rotatable bonds is 10. The summed E-state index contributed by atoms with van der Waals surface area (Å²) in [5, 5.41) is 2.92. The molecule has 4 nitrogen and oxygen atoms in total. The van der Waals surface area contributed by atoms with Crippen LogP contribution in [0.1, 0.15) is 42.1 Å². The molecule has 0 fully saturated rings. The molecule has 0 aliphatic rings. The molecular formula is C25H27NO3. The van der Waals surface area contributed by atoms with Crippen LogP contribution in [0.5, 0.6) is 11.5 Å². The molecule has 0 aliphatic heterocycles. The Bertz CT molecular complexity index is 891. The van der Waals surface area contributed by atoms with Gasteiger partial charge in [0.05, 0.1) is 6.61 Å². The topological polar surface area (TPSA) is 47.6 Å². The van der Waals surface area contributed by atoms with E-state index in [4.69, 9.17) is 9.47 Å². The fourth-order valence-corrected chi connectivity index (χ4v) is 2.85. The molecule has 0 unspecified atom stereocenters. The number of nitrogens with one attached hydrogen (secondary N) is 1. The van der Waals surface area contributed by atoms with E-state index < -0.39 is 0 Å². The Labute approximate surface area is 172 Å². The summed E-state index contributed by atoms with van der Waals surface area (Å²) in [6, 6.07) is 24.6. The van der Waals surface area contributed by atoms with Crippen molar-refractivity contribution in [3.63, 3.8) is 0 Å². The Balaban J connectivity index is 1.53. The third-order valence-corrected chi connectivity index (χ3v) is 4.47. The molecule has 0 heterocycles. The van der Waals surface area contributed by atoms with Crippen LogP contribution in [0.3, 0.4) is 0 Å². The Kier molecular flexibility index (Phi) is 7.70. The monoisotopic (exact) mass is 389 g/mol. The summed E-state index contributed by atoms with van der Waals surface area (Å²) < 4.78 is 11.5. The third kappa shape index (κ3) is 6.68. The molecule has 1 amide bonds. The summed E-state index contributed by atoms with van der Waals surface area (Å²) in [6.07, 6.45) is 3.37. The second kappa shape index (κ2) is 10.9. The highest BCUT2D eigenvalue weighted by atomic mass is 16.5. The maximum Gasteiger partial charge on any atom is 0.255 e. The van der Waals surface area contributed by atoms with Crippen LogP contribution < -0.4 is 14.8 Å². The molecule has 0 aromatic heterocycles. The van der Waals surface area contributed by atoms with Crippen LogP contribution in [0, 0.1) is 0 Å². The lowest BCUT2D eigenvalue weighted by Crippen LogP contribution is -2.11. The van der Waals surface area contributed by atoms with Crippen LogP contribution in [-0.2, 0) is 6.61 Å². The Morgan fingerprint density at radius 1 is 0.828 bits per heavy atom. The van der Waals surface area contributed by atoms with Gasteiger partial charge in [0, 0.05) is 17.3 Å². The first-order valence-electron chi connectivity index (χ1n) is 10.1. The van der Waals surface area contributed by atoms with Crippen molar-refractivity contribution in [2.24, 2.45) is 0 Å². The second-order valence-corrected chi connectivity index (χ2v) is 6.84. The van der Waals surface area contributed by atoms with Crippen LogP contribution in [-0.4, -0.2) is 12.5 Å². The minimum atomic E-state index is -0.164. The average molecular weight is 389 g/mol. The summed E-state index contributed by atoms with van der Waals surface area (Å²) >= 11 is 0. The minimum absolute atomic E-state index is 0.164. The smallest absolute Gasteiger partial charge is 0.255 e. The maximum absolute atomic E-state index is 12.5. The minimum Gasteiger partial charge on any atom is -0.494 e. The van der Waals surface area contributed by atoms with Gasteiger partial charge in [-0.1, -0.05) is 56.2 Å². The lowest BCUT2D eigenvalue weighted by molar-refractivity contribution is 0.102. The molecule has 1 N–H and O–H groups in total. The van der Waals surface area contributed by atoms with E-state index in [9.17, 15) is 4.79 Å². The number of hydrogen-bond acceptors (Lipinski definition) is 3. The maximum atomic E-state index is 12.5. The summed E-state index contributed by atoms with van der Waals surface area (Å²) in [6.45, 7) is 3.35. The molecule has 3 rings (SSSR count). The number of carbonyl (C=O) groups is 1. The molecule has 0 radical (unpaired) electrons. The predicted molar refractivity (Wildman–Crippen MR) is 117 cm³/mol. The van der Waals surface area contributed by atoms with Crippen molar-refractivity contribution >= 4 is 11.6 Å². The molecule has 0 saturated heterocycles. The first-order chi connectivity index (χ1) is 14.2. The van der Waals surface area contributed by atoms with Gasteiger partial charge in [0.1, 0.15) is 18.1 Å². The van der Waals surface area contributed by atoms with Gasteiger partial charge in [0.25, 0.3) is 5.91 Å². The zero-order valence-electron chi connectivity index (χ0n) is 16.8. The Morgan fingerprint density at radius 3 is 2.38 bits per heavy atom. The molecule has 0 aliphatic carbocycles. The number of ether oxygens (including phenoxy) is 2. The van der Waals surface area contributed by atoms with Gasteiger partial charge in [-0.2, -0.15) is 0 Å². The predicted octanol–water partition coefficient (Wildman–Crippen LogP) is 6.09. The average Bonchev–Trinajstić information content (AvgIpc) is 2.77. The van der Waals surface area contributed by atoms with E-state index in [1.165, 1.54) is 6.42 Å². The van der Waals surface area contributed by atoms with Crippen molar-refractivity contribution in [3.8, 4) is 11.5 Å². The SMILES string of the molecule is CCCCCOc1ccc(C(=O)Nc2cccc(OCc3ccccc3)c2)cc1. The van der Waals surface area contributed by atoms with E-state index >= 15 is 0 Å². The van der Waals surface area contributed by atoms with Gasteiger partial charge in [0.2, 0.25) is 0 Å². The van der Waals surface area contributed by atoms with E-state index in [-0.39, 0.29) is 5.91 Å². The molecule has 3 aromatic rings. The molecule has 150 valence electrons. The van der Waals surface area contributed by atoms with E-state index in [1.54, 1.807) is 12.1 Å². The summed E-state index contributed by atoms with van der Waals surface area (Å²) in [5.41, 5.74) is 2.38. The lowest BCUT2D eigenvalue weighted by atomic mass is 10.2. The first-order valence-corrected chi connectivity index (χ1v) is 10.1. The Hall–Kier alpha value is -3.27. The van der Waals surface area contributed by atoms with Gasteiger partial charge in [-0.3, -0.25) is 4.79 Å². The van der Waals surface area contributed by atoms with E-state index in [0.717, 1.165) is 24.2 Å². The summed E-state index contributed by atoms with van der Waals surface area (Å²) in [7, 11) is 0. The zero-order chi connectivity index (χ0) is 20.3. The fraction of sp³-hybridized carbons (Fsp3) is 0.240. The highest BCUT2D eigenvalue weighted by Crippen LogP contribution is 2.20. The quantitative estimate of drug-likeness (QED) is 0.427. The molecule has 4 heteroatoms. The van der Waals surface area contributed by atoms with Crippen molar-refractivity contribution in [2.75, 3.05) is 11.9 Å². The van der Waals surface area contributed by atoms with Crippen molar-refractivity contribution < 1.29 is 14.3 Å². The largest absolute Gasteiger partial charge is 0.494 e. The van der Waals surface area contributed by atoms with E-state index in [2.05, 4.69) is 12.2 Å². The molecular weight excluding hydrogens is 362 g/mol. The van der Waals surface area contributed by atoms with Crippen molar-refractivity contribution in [1.29, 1.82) is 0 Å². The van der Waals surface area contributed by atoms with E-state index in [0.29, 0.717) is 30.2 Å².